The third-order valence-corrected chi connectivity index (χ3v) is 6.81. The average Bonchev–Trinajstić information content (AvgIpc) is 2.49. The summed E-state index contributed by atoms with van der Waals surface area (Å²) in [6.45, 7) is 3.38. The van der Waals surface area contributed by atoms with Crippen LogP contribution >= 0.6 is 23.2 Å². The minimum atomic E-state index is -3.70. The molecule has 1 saturated heterocycles. The van der Waals surface area contributed by atoms with Gasteiger partial charge in [-0.15, -0.1) is 0 Å². The summed E-state index contributed by atoms with van der Waals surface area (Å²) in [6.07, 6.45) is 0. The number of rotatable bonds is 4. The fourth-order valence-corrected chi connectivity index (χ4v) is 4.65. The Morgan fingerprint density at radius 3 is 2.45 bits per heavy atom. The van der Waals surface area contributed by atoms with Crippen molar-refractivity contribution in [2.45, 2.75) is 17.9 Å². The summed E-state index contributed by atoms with van der Waals surface area (Å²) in [5, 5.41) is 0.235. The lowest BCUT2D eigenvalue weighted by Crippen LogP contribution is -3.19. The number of hydrogen-bond acceptors (Lipinski definition) is 3. The summed E-state index contributed by atoms with van der Waals surface area (Å²) in [5.74, 6) is -0.385. The van der Waals surface area contributed by atoms with E-state index in [1.54, 1.807) is 19.1 Å². The number of sulfonamides is 1. The van der Waals surface area contributed by atoms with E-state index in [2.05, 4.69) is 0 Å². The molecule has 1 aromatic rings. The van der Waals surface area contributed by atoms with Gasteiger partial charge in [0.1, 0.15) is 4.90 Å². The van der Waals surface area contributed by atoms with Crippen LogP contribution in [0, 0.1) is 0 Å². The molecule has 0 spiro atoms. The largest absolute Gasteiger partial charge is 0.365 e. The van der Waals surface area contributed by atoms with E-state index in [4.69, 9.17) is 28.9 Å². The number of nitrogens with one attached hydrogen (secondary N) is 1. The zero-order valence-electron chi connectivity index (χ0n) is 12.1. The summed E-state index contributed by atoms with van der Waals surface area (Å²) in [6, 6.07) is 4.20. The third-order valence-electron chi connectivity index (χ3n) is 3.94. The second kappa shape index (κ2) is 6.72. The zero-order valence-corrected chi connectivity index (χ0v) is 14.4. The first-order valence-corrected chi connectivity index (χ1v) is 9.03. The lowest BCUT2D eigenvalue weighted by Gasteiger charge is -2.33. The van der Waals surface area contributed by atoms with E-state index in [1.165, 1.54) is 10.4 Å². The maximum absolute atomic E-state index is 12.7. The van der Waals surface area contributed by atoms with Gasteiger partial charge in [-0.05, 0) is 19.1 Å². The first-order valence-electron chi connectivity index (χ1n) is 6.83. The van der Waals surface area contributed by atoms with Crippen LogP contribution < -0.4 is 10.6 Å². The molecular weight excluding hydrogens is 349 g/mol. The second-order valence-corrected chi connectivity index (χ2v) is 7.93. The number of nitrogens with two attached hydrogens (primary N) is 1. The number of carbonyl (C=O) groups excluding carboxylic acids is 1. The highest BCUT2D eigenvalue weighted by Gasteiger charge is 2.34. The average molecular weight is 367 g/mol. The topological polar surface area (TPSA) is 84.9 Å². The molecule has 0 saturated carbocycles. The predicted molar refractivity (Wildman–Crippen MR) is 84.6 cm³/mol. The van der Waals surface area contributed by atoms with Gasteiger partial charge in [0.2, 0.25) is 10.0 Å². The van der Waals surface area contributed by atoms with Gasteiger partial charge in [-0.25, -0.2) is 8.42 Å². The molecule has 3 N–H and O–H groups in total. The first kappa shape index (κ1) is 17.5. The highest BCUT2D eigenvalue weighted by molar-refractivity contribution is 7.89. The van der Waals surface area contributed by atoms with Crippen LogP contribution in [0.25, 0.3) is 0 Å². The first-order chi connectivity index (χ1) is 10.2. The van der Waals surface area contributed by atoms with Crippen molar-refractivity contribution in [1.82, 2.24) is 4.31 Å². The van der Waals surface area contributed by atoms with Crippen molar-refractivity contribution in [3.05, 3.63) is 28.2 Å². The Kier molecular flexibility index (Phi) is 5.34. The lowest BCUT2D eigenvalue weighted by atomic mass is 10.2. The Labute approximate surface area is 139 Å². The van der Waals surface area contributed by atoms with Gasteiger partial charge < -0.3 is 10.6 Å². The zero-order chi connectivity index (χ0) is 16.5. The van der Waals surface area contributed by atoms with Gasteiger partial charge in [0.05, 0.1) is 36.2 Å². The molecule has 22 heavy (non-hydrogen) atoms. The van der Waals surface area contributed by atoms with E-state index < -0.39 is 10.0 Å². The minimum Gasteiger partial charge on any atom is -0.365 e. The fourth-order valence-electron chi connectivity index (χ4n) is 2.47. The van der Waals surface area contributed by atoms with Crippen LogP contribution in [0.1, 0.15) is 6.92 Å². The number of nitrogens with zero attached hydrogens (tertiary/aromatic N) is 1. The molecule has 2 rings (SSSR count). The predicted octanol–water partition coefficient (Wildman–Crippen LogP) is -0.244. The molecule has 1 aliphatic rings. The lowest BCUT2D eigenvalue weighted by molar-refractivity contribution is -0.917. The van der Waals surface area contributed by atoms with Crippen molar-refractivity contribution in [2.75, 3.05) is 26.2 Å². The Hall–Kier alpha value is -0.860. The van der Waals surface area contributed by atoms with Crippen LogP contribution in [0.4, 0.5) is 0 Å². The van der Waals surface area contributed by atoms with Crippen molar-refractivity contribution >= 4 is 39.1 Å². The molecule has 122 valence electrons. The molecule has 9 heteroatoms. The standard InChI is InChI=1S/C13H17Cl2N3O3S/c1-9(13(16)19)17-5-7-18(8-6-17)22(20,21)11-4-2-3-10(14)12(11)15/h2-4,9H,5-8H2,1H3,(H2,16,19)/p+1/t9-/m1/s1. The molecule has 1 fully saturated rings. The summed E-state index contributed by atoms with van der Waals surface area (Å²) in [5.41, 5.74) is 5.29. The van der Waals surface area contributed by atoms with Gasteiger partial charge in [0, 0.05) is 0 Å². The Balaban J connectivity index is 2.16. The van der Waals surface area contributed by atoms with Gasteiger partial charge in [0.25, 0.3) is 5.91 Å². The van der Waals surface area contributed by atoms with E-state index in [-0.39, 0.29) is 26.9 Å². The molecule has 1 amide bonds. The van der Waals surface area contributed by atoms with E-state index >= 15 is 0 Å². The van der Waals surface area contributed by atoms with Crippen LogP contribution in [0.2, 0.25) is 10.0 Å². The van der Waals surface area contributed by atoms with Crippen molar-refractivity contribution in [3.8, 4) is 0 Å². The van der Waals surface area contributed by atoms with Crippen LogP contribution in [0.15, 0.2) is 23.1 Å². The van der Waals surface area contributed by atoms with E-state index in [0.717, 1.165) is 4.90 Å². The minimum absolute atomic E-state index is 0.00747. The molecule has 0 aliphatic carbocycles. The van der Waals surface area contributed by atoms with Gasteiger partial charge in [-0.3, -0.25) is 4.79 Å². The molecule has 6 nitrogen and oxygen atoms in total. The maximum atomic E-state index is 12.7. The normalized spacial score (nSPS) is 19.0. The van der Waals surface area contributed by atoms with Crippen molar-refractivity contribution in [2.24, 2.45) is 5.73 Å². The van der Waals surface area contributed by atoms with Crippen molar-refractivity contribution in [3.63, 3.8) is 0 Å². The molecule has 0 unspecified atom stereocenters. The monoisotopic (exact) mass is 366 g/mol. The van der Waals surface area contributed by atoms with Crippen LogP contribution in [-0.4, -0.2) is 50.9 Å². The van der Waals surface area contributed by atoms with Gasteiger partial charge in [-0.1, -0.05) is 29.3 Å². The molecule has 0 radical (unpaired) electrons. The summed E-state index contributed by atoms with van der Waals surface area (Å²) < 4.78 is 26.7. The Morgan fingerprint density at radius 2 is 1.91 bits per heavy atom. The number of carbonyl (C=O) groups is 1. The number of piperazine rings is 1. The summed E-state index contributed by atoms with van der Waals surface area (Å²) in [7, 11) is -3.70. The SMILES string of the molecule is C[C@H](C(N)=O)[NH+]1CCN(S(=O)(=O)c2cccc(Cl)c2Cl)CC1. The van der Waals surface area contributed by atoms with Crippen molar-refractivity contribution in [1.29, 1.82) is 0 Å². The van der Waals surface area contributed by atoms with E-state index in [0.29, 0.717) is 26.2 Å². The van der Waals surface area contributed by atoms with E-state index in [1.807, 2.05) is 0 Å². The molecule has 1 atom stereocenters. The van der Waals surface area contributed by atoms with Gasteiger partial charge in [0.15, 0.2) is 6.04 Å². The summed E-state index contributed by atoms with van der Waals surface area (Å²) >= 11 is 11.9. The van der Waals surface area contributed by atoms with Crippen LogP contribution in [0.3, 0.4) is 0 Å². The fraction of sp³-hybridized carbons (Fsp3) is 0.462. The highest BCUT2D eigenvalue weighted by atomic mass is 35.5. The third kappa shape index (κ3) is 3.38. The highest BCUT2D eigenvalue weighted by Crippen LogP contribution is 2.30. The maximum Gasteiger partial charge on any atom is 0.275 e. The van der Waals surface area contributed by atoms with Crippen LogP contribution in [-0.2, 0) is 14.8 Å². The summed E-state index contributed by atoms with van der Waals surface area (Å²) in [4.78, 5) is 12.2. The second-order valence-electron chi connectivity index (χ2n) is 5.24. The molecule has 0 bridgehead atoms. The number of benzene rings is 1. The number of amides is 1. The number of hydrogen-bond donors (Lipinski definition) is 2. The molecule has 1 heterocycles. The molecular formula is C13H18Cl2N3O3S+. The van der Waals surface area contributed by atoms with Crippen LogP contribution in [0.5, 0.6) is 0 Å². The van der Waals surface area contributed by atoms with Gasteiger partial charge in [-0.2, -0.15) is 4.31 Å². The molecule has 1 aromatic carbocycles. The number of quaternary nitrogens is 1. The molecule has 0 aromatic heterocycles. The smallest absolute Gasteiger partial charge is 0.275 e. The van der Waals surface area contributed by atoms with E-state index in [9.17, 15) is 13.2 Å². The molecule has 1 aliphatic heterocycles. The number of primary amides is 1. The Bertz CT molecular complexity index is 673. The Morgan fingerprint density at radius 1 is 1.32 bits per heavy atom. The number of halogens is 2. The van der Waals surface area contributed by atoms with Crippen molar-refractivity contribution < 1.29 is 18.1 Å². The quantitative estimate of drug-likeness (QED) is 0.770. The van der Waals surface area contributed by atoms with Gasteiger partial charge >= 0.3 is 0 Å².